The first-order chi connectivity index (χ1) is 12.1. The van der Waals surface area contributed by atoms with E-state index in [0.717, 1.165) is 36.7 Å². The molecule has 2 amide bonds. The minimum absolute atomic E-state index is 0.0889. The van der Waals surface area contributed by atoms with Crippen LogP contribution in [0.15, 0.2) is 18.5 Å². The van der Waals surface area contributed by atoms with E-state index >= 15 is 0 Å². The molecule has 0 bridgehead atoms. The van der Waals surface area contributed by atoms with Gasteiger partial charge in [-0.05, 0) is 31.7 Å². The summed E-state index contributed by atoms with van der Waals surface area (Å²) in [6.45, 7) is 1.05. The molecule has 7 heteroatoms. The van der Waals surface area contributed by atoms with Crippen molar-refractivity contribution < 1.29 is 9.59 Å². The second-order valence-electron chi connectivity index (χ2n) is 7.16. The molecular formula is C18H23N5O2. The van der Waals surface area contributed by atoms with Crippen molar-refractivity contribution in [3.63, 3.8) is 0 Å². The molecule has 2 fully saturated rings. The number of nitrogens with two attached hydrogens (primary N) is 1. The van der Waals surface area contributed by atoms with E-state index in [1.165, 1.54) is 12.8 Å². The number of fused-ring (bicyclic) bond motifs is 1. The Bertz CT molecular complexity index is 809. The Morgan fingerprint density at radius 3 is 2.68 bits per heavy atom. The lowest BCUT2D eigenvalue weighted by Gasteiger charge is -2.31. The van der Waals surface area contributed by atoms with Crippen molar-refractivity contribution in [1.29, 1.82) is 0 Å². The predicted octanol–water partition coefficient (Wildman–Crippen LogP) is 1.88. The number of hydrogen-bond donors (Lipinski definition) is 1. The molecule has 2 aromatic heterocycles. The normalized spacial score (nSPS) is 21.8. The van der Waals surface area contributed by atoms with E-state index in [9.17, 15) is 9.59 Å². The van der Waals surface area contributed by atoms with Crippen molar-refractivity contribution in [2.45, 2.75) is 44.6 Å². The first kappa shape index (κ1) is 16.1. The van der Waals surface area contributed by atoms with Gasteiger partial charge in [0.05, 0.1) is 23.7 Å². The van der Waals surface area contributed by atoms with Crippen molar-refractivity contribution in [2.24, 2.45) is 11.7 Å². The predicted molar refractivity (Wildman–Crippen MR) is 92.9 cm³/mol. The zero-order valence-electron chi connectivity index (χ0n) is 14.2. The summed E-state index contributed by atoms with van der Waals surface area (Å²) in [4.78, 5) is 30.4. The van der Waals surface area contributed by atoms with Gasteiger partial charge < -0.3 is 10.6 Å². The summed E-state index contributed by atoms with van der Waals surface area (Å²) in [5.41, 5.74) is 6.79. The Balaban J connectivity index is 1.57. The maximum atomic E-state index is 12.8. The summed E-state index contributed by atoms with van der Waals surface area (Å²) in [6, 6.07) is 2.28. The smallest absolute Gasteiger partial charge is 0.255 e. The fraction of sp³-hybridized carbons (Fsp3) is 0.556. The fourth-order valence-corrected chi connectivity index (χ4v) is 4.05. The Hall–Kier alpha value is -2.44. The van der Waals surface area contributed by atoms with Crippen LogP contribution in [0.5, 0.6) is 0 Å². The molecule has 25 heavy (non-hydrogen) atoms. The lowest BCUT2D eigenvalue weighted by atomic mass is 9.97. The highest BCUT2D eigenvalue weighted by molar-refractivity contribution is 5.97. The number of hydrogen-bond acceptors (Lipinski definition) is 4. The van der Waals surface area contributed by atoms with E-state index in [2.05, 4.69) is 10.1 Å². The van der Waals surface area contributed by atoms with Gasteiger partial charge >= 0.3 is 0 Å². The largest absolute Gasteiger partial charge is 0.369 e. The van der Waals surface area contributed by atoms with Crippen LogP contribution in [-0.2, 0) is 4.79 Å². The topological polar surface area (TPSA) is 94.1 Å². The molecule has 0 aromatic carbocycles. The van der Waals surface area contributed by atoms with Gasteiger partial charge in [0.1, 0.15) is 0 Å². The number of carbonyl (C=O) groups excluding carboxylic acids is 2. The van der Waals surface area contributed by atoms with Gasteiger partial charge in [-0.15, -0.1) is 0 Å². The van der Waals surface area contributed by atoms with Crippen molar-refractivity contribution in [1.82, 2.24) is 19.7 Å². The lowest BCUT2D eigenvalue weighted by molar-refractivity contribution is -0.123. The Morgan fingerprint density at radius 2 is 1.92 bits per heavy atom. The van der Waals surface area contributed by atoms with Crippen LogP contribution >= 0.6 is 0 Å². The van der Waals surface area contributed by atoms with Crippen LogP contribution in [0.3, 0.4) is 0 Å². The number of piperidine rings is 1. The molecule has 0 spiro atoms. The second-order valence-corrected chi connectivity index (χ2v) is 7.16. The zero-order valence-corrected chi connectivity index (χ0v) is 14.2. The average molecular weight is 341 g/mol. The molecule has 1 aliphatic carbocycles. The molecule has 2 aromatic rings. The monoisotopic (exact) mass is 341 g/mol. The van der Waals surface area contributed by atoms with Gasteiger partial charge in [-0.25, -0.2) is 9.67 Å². The van der Waals surface area contributed by atoms with E-state index in [1.807, 2.05) is 10.7 Å². The zero-order chi connectivity index (χ0) is 17.4. The third-order valence-electron chi connectivity index (χ3n) is 5.46. The maximum absolute atomic E-state index is 12.8. The molecule has 132 valence electrons. The molecule has 0 unspecified atom stereocenters. The molecule has 1 atom stereocenters. The minimum atomic E-state index is -0.330. The van der Waals surface area contributed by atoms with Crippen LogP contribution in [-0.4, -0.2) is 44.6 Å². The van der Waals surface area contributed by atoms with Gasteiger partial charge in [0.15, 0.2) is 5.65 Å². The third-order valence-corrected chi connectivity index (χ3v) is 5.46. The Kier molecular flexibility index (Phi) is 4.15. The molecule has 4 rings (SSSR count). The van der Waals surface area contributed by atoms with Crippen molar-refractivity contribution >= 4 is 22.8 Å². The van der Waals surface area contributed by atoms with Crippen LogP contribution < -0.4 is 5.73 Å². The number of rotatable bonds is 3. The minimum Gasteiger partial charge on any atom is -0.369 e. The molecule has 0 radical (unpaired) electrons. The summed E-state index contributed by atoms with van der Waals surface area (Å²) in [5, 5.41) is 5.38. The van der Waals surface area contributed by atoms with E-state index in [-0.39, 0.29) is 17.7 Å². The maximum Gasteiger partial charge on any atom is 0.255 e. The number of pyridine rings is 1. The summed E-state index contributed by atoms with van der Waals surface area (Å²) in [7, 11) is 0. The van der Waals surface area contributed by atoms with Gasteiger partial charge in [0.2, 0.25) is 5.91 Å². The van der Waals surface area contributed by atoms with E-state index in [4.69, 9.17) is 5.73 Å². The van der Waals surface area contributed by atoms with Crippen LogP contribution in [0.4, 0.5) is 0 Å². The average Bonchev–Trinajstić information content (AvgIpc) is 3.29. The summed E-state index contributed by atoms with van der Waals surface area (Å²) >= 11 is 0. The van der Waals surface area contributed by atoms with Gasteiger partial charge in [-0.2, -0.15) is 5.10 Å². The van der Waals surface area contributed by atoms with Gasteiger partial charge in [0.25, 0.3) is 5.91 Å². The lowest BCUT2D eigenvalue weighted by Crippen LogP contribution is -2.44. The van der Waals surface area contributed by atoms with Crippen LogP contribution in [0.25, 0.3) is 11.0 Å². The van der Waals surface area contributed by atoms with Crippen LogP contribution in [0.1, 0.15) is 54.9 Å². The van der Waals surface area contributed by atoms with E-state index in [1.54, 1.807) is 17.3 Å². The molecule has 1 saturated carbocycles. The number of aromatic nitrogens is 3. The number of amides is 2. The van der Waals surface area contributed by atoms with Gasteiger partial charge in [0, 0.05) is 24.7 Å². The molecule has 3 heterocycles. The number of likely N-dealkylation sites (tertiary alicyclic amines) is 1. The molecule has 1 saturated heterocycles. The SMILES string of the molecule is NC(=O)[C@@H]1CCCN(C(=O)c2cnc3c(cnn3C3CCCC3)c2)C1. The van der Waals surface area contributed by atoms with Gasteiger partial charge in [-0.1, -0.05) is 12.8 Å². The molecule has 1 aliphatic heterocycles. The van der Waals surface area contributed by atoms with Crippen molar-refractivity contribution in [2.75, 3.05) is 13.1 Å². The fourth-order valence-electron chi connectivity index (χ4n) is 4.05. The highest BCUT2D eigenvalue weighted by atomic mass is 16.2. The quantitative estimate of drug-likeness (QED) is 0.922. The summed E-state index contributed by atoms with van der Waals surface area (Å²) in [5.74, 6) is -0.669. The molecule has 7 nitrogen and oxygen atoms in total. The van der Waals surface area contributed by atoms with E-state index < -0.39 is 0 Å². The van der Waals surface area contributed by atoms with Gasteiger partial charge in [-0.3, -0.25) is 9.59 Å². The van der Waals surface area contributed by atoms with Crippen molar-refractivity contribution in [3.8, 4) is 0 Å². The number of primary amides is 1. The third kappa shape index (κ3) is 2.99. The second kappa shape index (κ2) is 6.46. The van der Waals surface area contributed by atoms with Crippen LogP contribution in [0, 0.1) is 5.92 Å². The first-order valence-electron chi connectivity index (χ1n) is 9.05. The molecular weight excluding hydrogens is 318 g/mol. The molecule has 2 aliphatic rings. The molecule has 2 N–H and O–H groups in total. The van der Waals surface area contributed by atoms with E-state index in [0.29, 0.717) is 24.7 Å². The highest BCUT2D eigenvalue weighted by Gasteiger charge is 2.28. The van der Waals surface area contributed by atoms with Crippen molar-refractivity contribution in [3.05, 3.63) is 24.0 Å². The highest BCUT2D eigenvalue weighted by Crippen LogP contribution is 2.31. The number of nitrogens with zero attached hydrogens (tertiary/aromatic N) is 4. The summed E-state index contributed by atoms with van der Waals surface area (Å²) < 4.78 is 2.00. The standard InChI is InChI=1S/C18H23N5O2/c19-16(24)12-4-3-7-22(11-12)18(25)14-8-13-10-21-23(17(13)20-9-14)15-5-1-2-6-15/h8-10,12,15H,1-7,11H2,(H2,19,24)/t12-/m1/s1. The Morgan fingerprint density at radius 1 is 1.12 bits per heavy atom. The number of carbonyl (C=O) groups is 2. The van der Waals surface area contributed by atoms with Crippen LogP contribution in [0.2, 0.25) is 0 Å². The first-order valence-corrected chi connectivity index (χ1v) is 9.05. The Labute approximate surface area is 146 Å². The summed E-state index contributed by atoms with van der Waals surface area (Å²) in [6.07, 6.45) is 9.73.